The Morgan fingerprint density at radius 3 is 2.48 bits per heavy atom. The van der Waals surface area contributed by atoms with Gasteiger partial charge in [0, 0.05) is 5.56 Å². The van der Waals surface area contributed by atoms with Gasteiger partial charge in [0.2, 0.25) is 0 Å². The molecule has 106 valence electrons. The molecular weight excluding hydrogens is 262 g/mol. The molecule has 0 aromatic heterocycles. The third-order valence-corrected chi connectivity index (χ3v) is 3.12. The minimum Gasteiger partial charge on any atom is -0.445 e. The molecular formula is C18H17NO2. The predicted molar refractivity (Wildman–Crippen MR) is 82.6 cm³/mol. The maximum Gasteiger partial charge on any atom is 0.407 e. The van der Waals surface area contributed by atoms with Crippen LogP contribution in [0.25, 0.3) is 0 Å². The first-order chi connectivity index (χ1) is 10.2. The Hall–Kier alpha value is -2.73. The third kappa shape index (κ3) is 4.39. The van der Waals surface area contributed by atoms with Crippen LogP contribution in [0.2, 0.25) is 0 Å². The Morgan fingerprint density at radius 2 is 1.86 bits per heavy atom. The van der Waals surface area contributed by atoms with Gasteiger partial charge in [0.15, 0.2) is 0 Å². The van der Waals surface area contributed by atoms with Crippen molar-refractivity contribution in [3.63, 3.8) is 0 Å². The number of rotatable bonds is 4. The second-order valence-corrected chi connectivity index (χ2v) is 4.69. The summed E-state index contributed by atoms with van der Waals surface area (Å²) >= 11 is 0. The van der Waals surface area contributed by atoms with E-state index in [1.54, 1.807) is 0 Å². The number of terminal acetylenes is 1. The van der Waals surface area contributed by atoms with Gasteiger partial charge in [-0.1, -0.05) is 48.4 Å². The zero-order valence-electron chi connectivity index (χ0n) is 11.9. The monoisotopic (exact) mass is 279 g/mol. The molecule has 0 saturated carbocycles. The molecule has 0 radical (unpaired) electrons. The third-order valence-electron chi connectivity index (χ3n) is 3.12. The van der Waals surface area contributed by atoms with E-state index in [2.05, 4.69) is 11.2 Å². The lowest BCUT2D eigenvalue weighted by Gasteiger charge is -2.14. The highest BCUT2D eigenvalue weighted by atomic mass is 16.5. The Bertz CT molecular complexity index is 627. The van der Waals surface area contributed by atoms with Crippen LogP contribution >= 0.6 is 0 Å². The second-order valence-electron chi connectivity index (χ2n) is 4.69. The molecule has 0 spiro atoms. The van der Waals surface area contributed by atoms with Crippen molar-refractivity contribution in [2.75, 3.05) is 0 Å². The van der Waals surface area contributed by atoms with Gasteiger partial charge in [0.1, 0.15) is 6.61 Å². The van der Waals surface area contributed by atoms with Gasteiger partial charge in [-0.15, -0.1) is 6.42 Å². The number of ether oxygens (including phenoxy) is 1. The maximum absolute atomic E-state index is 11.8. The fourth-order valence-electron chi connectivity index (χ4n) is 1.89. The van der Waals surface area contributed by atoms with E-state index in [1.165, 1.54) is 0 Å². The molecule has 3 heteroatoms. The standard InChI is InChI=1S/C18H17NO2/c1-3-15-9-11-17(12-10-15)14(2)19-18(20)21-13-16-7-5-4-6-8-16/h1,4-12,14H,13H2,2H3,(H,19,20)/t14-/m1/s1. The van der Waals surface area contributed by atoms with Crippen molar-refractivity contribution in [2.24, 2.45) is 0 Å². The zero-order chi connectivity index (χ0) is 15.1. The van der Waals surface area contributed by atoms with Crippen LogP contribution in [0.15, 0.2) is 54.6 Å². The Kier molecular flexibility index (Phi) is 5.00. The molecule has 0 aliphatic carbocycles. The average Bonchev–Trinajstić information content (AvgIpc) is 2.54. The summed E-state index contributed by atoms with van der Waals surface area (Å²) in [7, 11) is 0. The number of carbonyl (C=O) groups is 1. The number of benzene rings is 2. The molecule has 2 aromatic rings. The summed E-state index contributed by atoms with van der Waals surface area (Å²) < 4.78 is 5.18. The summed E-state index contributed by atoms with van der Waals surface area (Å²) in [6.07, 6.45) is 4.87. The summed E-state index contributed by atoms with van der Waals surface area (Å²) in [4.78, 5) is 11.8. The van der Waals surface area contributed by atoms with E-state index < -0.39 is 6.09 Å². The van der Waals surface area contributed by atoms with Gasteiger partial charge >= 0.3 is 6.09 Å². The Balaban J connectivity index is 1.85. The van der Waals surface area contributed by atoms with Gasteiger partial charge in [-0.2, -0.15) is 0 Å². The highest BCUT2D eigenvalue weighted by molar-refractivity contribution is 5.67. The van der Waals surface area contributed by atoms with Gasteiger partial charge in [-0.25, -0.2) is 4.79 Å². The minimum atomic E-state index is -0.438. The SMILES string of the molecule is C#Cc1ccc([C@@H](C)NC(=O)OCc2ccccc2)cc1. The molecule has 1 atom stereocenters. The number of carbonyl (C=O) groups excluding carboxylic acids is 1. The lowest BCUT2D eigenvalue weighted by atomic mass is 10.1. The van der Waals surface area contributed by atoms with Crippen LogP contribution in [0.4, 0.5) is 4.79 Å². The molecule has 2 rings (SSSR count). The number of hydrogen-bond acceptors (Lipinski definition) is 2. The zero-order valence-corrected chi connectivity index (χ0v) is 11.9. The first-order valence-electron chi connectivity index (χ1n) is 6.73. The normalized spacial score (nSPS) is 11.2. The number of amides is 1. The molecule has 0 unspecified atom stereocenters. The van der Waals surface area contributed by atoms with Gasteiger partial charge in [-0.3, -0.25) is 0 Å². The van der Waals surface area contributed by atoms with Gasteiger partial charge < -0.3 is 10.1 Å². The van der Waals surface area contributed by atoms with Crippen molar-refractivity contribution in [1.29, 1.82) is 0 Å². The lowest BCUT2D eigenvalue weighted by Crippen LogP contribution is -2.27. The van der Waals surface area contributed by atoms with Crippen LogP contribution in [-0.2, 0) is 11.3 Å². The highest BCUT2D eigenvalue weighted by Gasteiger charge is 2.10. The van der Waals surface area contributed by atoms with Crippen molar-refractivity contribution >= 4 is 6.09 Å². The van der Waals surface area contributed by atoms with Crippen molar-refractivity contribution in [1.82, 2.24) is 5.32 Å². The smallest absolute Gasteiger partial charge is 0.407 e. The molecule has 0 saturated heterocycles. The molecule has 1 amide bonds. The second kappa shape index (κ2) is 7.16. The molecule has 1 N–H and O–H groups in total. The molecule has 0 fully saturated rings. The fraction of sp³-hybridized carbons (Fsp3) is 0.167. The molecule has 0 heterocycles. The summed E-state index contributed by atoms with van der Waals surface area (Å²) in [6, 6.07) is 16.9. The van der Waals surface area contributed by atoms with E-state index in [4.69, 9.17) is 11.2 Å². The van der Waals surface area contributed by atoms with Crippen molar-refractivity contribution in [3.8, 4) is 12.3 Å². The summed E-state index contributed by atoms with van der Waals surface area (Å²) in [6.45, 7) is 2.16. The first-order valence-corrected chi connectivity index (χ1v) is 6.73. The van der Waals surface area contributed by atoms with E-state index in [-0.39, 0.29) is 12.6 Å². The van der Waals surface area contributed by atoms with Crippen LogP contribution in [-0.4, -0.2) is 6.09 Å². The van der Waals surface area contributed by atoms with Gasteiger partial charge in [0.05, 0.1) is 6.04 Å². The first kappa shape index (κ1) is 14.7. The van der Waals surface area contributed by atoms with Crippen LogP contribution in [0.5, 0.6) is 0 Å². The molecule has 0 aliphatic rings. The van der Waals surface area contributed by atoms with E-state index in [0.29, 0.717) is 0 Å². The molecule has 0 aliphatic heterocycles. The highest BCUT2D eigenvalue weighted by Crippen LogP contribution is 2.13. The Labute approximate surface area is 125 Å². The summed E-state index contributed by atoms with van der Waals surface area (Å²) in [5.41, 5.74) is 2.75. The Morgan fingerprint density at radius 1 is 1.19 bits per heavy atom. The minimum absolute atomic E-state index is 0.139. The fourth-order valence-corrected chi connectivity index (χ4v) is 1.89. The van der Waals surface area contributed by atoms with E-state index >= 15 is 0 Å². The van der Waals surface area contributed by atoms with Crippen molar-refractivity contribution < 1.29 is 9.53 Å². The summed E-state index contributed by atoms with van der Waals surface area (Å²) in [5.74, 6) is 2.56. The average molecular weight is 279 g/mol. The van der Waals surface area contributed by atoms with Crippen LogP contribution < -0.4 is 5.32 Å². The number of alkyl carbamates (subject to hydrolysis) is 1. The predicted octanol–water partition coefficient (Wildman–Crippen LogP) is 3.66. The van der Waals surface area contributed by atoms with E-state index in [1.807, 2.05) is 61.5 Å². The largest absolute Gasteiger partial charge is 0.445 e. The van der Waals surface area contributed by atoms with Crippen molar-refractivity contribution in [3.05, 3.63) is 71.3 Å². The quantitative estimate of drug-likeness (QED) is 0.867. The van der Waals surface area contributed by atoms with Gasteiger partial charge in [-0.05, 0) is 30.2 Å². The topological polar surface area (TPSA) is 38.3 Å². The van der Waals surface area contributed by atoms with Crippen LogP contribution in [0.1, 0.15) is 29.7 Å². The maximum atomic E-state index is 11.8. The molecule has 3 nitrogen and oxygen atoms in total. The van der Waals surface area contributed by atoms with Crippen LogP contribution in [0.3, 0.4) is 0 Å². The van der Waals surface area contributed by atoms with E-state index in [9.17, 15) is 4.79 Å². The summed E-state index contributed by atoms with van der Waals surface area (Å²) in [5, 5.41) is 2.79. The lowest BCUT2D eigenvalue weighted by molar-refractivity contribution is 0.136. The number of nitrogens with one attached hydrogen (secondary N) is 1. The number of hydrogen-bond donors (Lipinski definition) is 1. The molecule has 21 heavy (non-hydrogen) atoms. The van der Waals surface area contributed by atoms with Gasteiger partial charge in [0.25, 0.3) is 0 Å². The van der Waals surface area contributed by atoms with Crippen molar-refractivity contribution in [2.45, 2.75) is 19.6 Å². The van der Waals surface area contributed by atoms with Crippen LogP contribution in [0, 0.1) is 12.3 Å². The van der Waals surface area contributed by atoms with E-state index in [0.717, 1.165) is 16.7 Å². The molecule has 0 bridgehead atoms. The molecule has 2 aromatic carbocycles.